The van der Waals surface area contributed by atoms with Crippen LogP contribution in [0, 0.1) is 12.8 Å². The van der Waals surface area contributed by atoms with Crippen LogP contribution in [-0.4, -0.2) is 53.5 Å². The van der Waals surface area contributed by atoms with Crippen molar-refractivity contribution in [2.24, 2.45) is 13.0 Å². The summed E-state index contributed by atoms with van der Waals surface area (Å²) >= 11 is 0. The van der Waals surface area contributed by atoms with Crippen LogP contribution in [0.4, 0.5) is 0 Å². The van der Waals surface area contributed by atoms with Gasteiger partial charge in [0.05, 0.1) is 41.1 Å². The van der Waals surface area contributed by atoms with E-state index in [4.69, 9.17) is 0 Å². The zero-order chi connectivity index (χ0) is 28.4. The van der Waals surface area contributed by atoms with E-state index in [2.05, 4.69) is 36.2 Å². The van der Waals surface area contributed by atoms with Gasteiger partial charge in [-0.3, -0.25) is 19.0 Å². The smallest absolute Gasteiger partial charge is 0.270 e. The van der Waals surface area contributed by atoms with E-state index < -0.39 is 0 Å². The molecular formula is C30H33N7O3. The number of aryl methyl sites for hydroxylation is 2. The van der Waals surface area contributed by atoms with E-state index in [-0.39, 0.29) is 31.0 Å². The average Bonchev–Trinajstić information content (AvgIpc) is 3.51. The normalized spacial score (nSPS) is 12.2. The Labute approximate surface area is 232 Å². The molecule has 206 valence electrons. The minimum absolute atomic E-state index is 0.149. The number of fused-ring (bicyclic) bond motifs is 2. The van der Waals surface area contributed by atoms with Gasteiger partial charge in [0.15, 0.2) is 0 Å². The quantitative estimate of drug-likeness (QED) is 0.262. The predicted octanol–water partition coefficient (Wildman–Crippen LogP) is 3.66. The number of hydrogen-bond acceptors (Lipinski definition) is 6. The first kappa shape index (κ1) is 27.0. The van der Waals surface area contributed by atoms with Gasteiger partial charge in [-0.1, -0.05) is 26.0 Å². The number of rotatable bonds is 9. The van der Waals surface area contributed by atoms with E-state index >= 15 is 0 Å². The number of aliphatic hydroxyl groups excluding tert-OH is 1. The molecule has 0 saturated carbocycles. The summed E-state index contributed by atoms with van der Waals surface area (Å²) in [7, 11) is 1.99. The molecule has 4 aromatic heterocycles. The lowest BCUT2D eigenvalue weighted by Crippen LogP contribution is -2.38. The molecule has 0 aliphatic carbocycles. The maximum Gasteiger partial charge on any atom is 0.270 e. The minimum atomic E-state index is -0.355. The molecule has 0 radical (unpaired) electrons. The van der Waals surface area contributed by atoms with Crippen LogP contribution in [0.3, 0.4) is 0 Å². The van der Waals surface area contributed by atoms with Crippen molar-refractivity contribution >= 4 is 28.5 Å². The molecule has 5 aromatic rings. The highest BCUT2D eigenvalue weighted by Gasteiger charge is 2.20. The third-order valence-corrected chi connectivity index (χ3v) is 7.00. The first-order chi connectivity index (χ1) is 19.2. The van der Waals surface area contributed by atoms with Gasteiger partial charge in [0, 0.05) is 31.5 Å². The summed E-state index contributed by atoms with van der Waals surface area (Å²) in [5, 5.41) is 15.4. The third kappa shape index (κ3) is 5.43. The van der Waals surface area contributed by atoms with Crippen molar-refractivity contribution in [3.05, 3.63) is 83.7 Å². The summed E-state index contributed by atoms with van der Waals surface area (Å²) in [5.74, 6) is 0.612. The van der Waals surface area contributed by atoms with Gasteiger partial charge in [-0.25, -0.2) is 9.97 Å². The minimum Gasteiger partial charge on any atom is -0.394 e. The lowest BCUT2D eigenvalue weighted by atomic mass is 10.0. The topological polar surface area (TPSA) is 126 Å². The van der Waals surface area contributed by atoms with Gasteiger partial charge in [0.2, 0.25) is 0 Å². The van der Waals surface area contributed by atoms with E-state index in [1.54, 1.807) is 28.9 Å². The monoisotopic (exact) mass is 539 g/mol. The van der Waals surface area contributed by atoms with Crippen molar-refractivity contribution in [2.45, 2.75) is 39.8 Å². The average molecular weight is 540 g/mol. The standard InChI is InChI=1S/C30H33N7O3/c1-18(2)12-22(17-38)35-30(40)27-16-32-28-23(6-5-11-37(27)28)29(39)33-15-20-7-9-24(31-14-20)21-8-10-25-26(13-21)36(4)19(3)34-25/h5-11,13-14,16,18,22,38H,12,15,17H2,1-4H3,(H,33,39)(H,35,40)/t22-/m0/s1. The van der Waals surface area contributed by atoms with Crippen LogP contribution >= 0.6 is 0 Å². The van der Waals surface area contributed by atoms with Crippen LogP contribution in [0.2, 0.25) is 0 Å². The molecule has 0 bridgehead atoms. The number of pyridine rings is 2. The first-order valence-electron chi connectivity index (χ1n) is 13.3. The third-order valence-electron chi connectivity index (χ3n) is 7.00. The Balaban J connectivity index is 1.27. The second-order valence-electron chi connectivity index (χ2n) is 10.4. The molecule has 4 heterocycles. The van der Waals surface area contributed by atoms with E-state index in [1.165, 1.54) is 6.20 Å². The lowest BCUT2D eigenvalue weighted by Gasteiger charge is -2.18. The SMILES string of the molecule is Cc1nc2ccc(-c3ccc(CNC(=O)c4cccn5c(C(=O)N[C@H](CO)CC(C)C)cnc45)cn3)cc2n1C. The van der Waals surface area contributed by atoms with E-state index in [0.717, 1.165) is 33.7 Å². The molecule has 1 aromatic carbocycles. The molecule has 0 saturated heterocycles. The first-order valence-corrected chi connectivity index (χ1v) is 13.3. The van der Waals surface area contributed by atoms with Gasteiger partial charge >= 0.3 is 0 Å². The van der Waals surface area contributed by atoms with Crippen LogP contribution in [0.25, 0.3) is 27.9 Å². The fraction of sp³-hybridized carbons (Fsp3) is 0.300. The summed E-state index contributed by atoms with van der Waals surface area (Å²) in [6, 6.07) is 13.0. The largest absolute Gasteiger partial charge is 0.394 e. The molecule has 0 fully saturated rings. The van der Waals surface area contributed by atoms with Crippen LogP contribution in [0.1, 0.15) is 52.5 Å². The van der Waals surface area contributed by atoms with Crippen molar-refractivity contribution in [1.82, 2.24) is 34.6 Å². The maximum absolute atomic E-state index is 13.1. The second kappa shape index (κ2) is 11.3. The number of carbonyl (C=O) groups is 2. The molecule has 40 heavy (non-hydrogen) atoms. The Bertz CT molecular complexity index is 1690. The molecule has 0 aliphatic rings. The Kier molecular flexibility index (Phi) is 7.61. The fourth-order valence-corrected chi connectivity index (χ4v) is 4.81. The Morgan fingerprint density at radius 1 is 1.05 bits per heavy atom. The second-order valence-corrected chi connectivity index (χ2v) is 10.4. The number of aromatic nitrogens is 5. The van der Waals surface area contributed by atoms with Crippen LogP contribution in [0.5, 0.6) is 0 Å². The van der Waals surface area contributed by atoms with Gasteiger partial charge < -0.3 is 20.3 Å². The molecule has 0 unspecified atom stereocenters. The Hall–Kier alpha value is -4.57. The summed E-state index contributed by atoms with van der Waals surface area (Å²) in [6.07, 6.45) is 5.54. The number of nitrogens with zero attached hydrogens (tertiary/aromatic N) is 5. The Morgan fingerprint density at radius 2 is 1.88 bits per heavy atom. The van der Waals surface area contributed by atoms with Crippen molar-refractivity contribution in [2.75, 3.05) is 6.61 Å². The van der Waals surface area contributed by atoms with Crippen LogP contribution in [-0.2, 0) is 13.6 Å². The summed E-state index contributed by atoms with van der Waals surface area (Å²) < 4.78 is 3.64. The molecule has 10 heteroatoms. The van der Waals surface area contributed by atoms with Gasteiger partial charge in [-0.2, -0.15) is 0 Å². The maximum atomic E-state index is 13.1. The van der Waals surface area contributed by atoms with Crippen LogP contribution in [0.15, 0.2) is 61.1 Å². The van der Waals surface area contributed by atoms with Crippen molar-refractivity contribution < 1.29 is 14.7 Å². The number of nitrogens with one attached hydrogen (secondary N) is 2. The number of benzene rings is 1. The van der Waals surface area contributed by atoms with E-state index in [0.29, 0.717) is 29.2 Å². The highest BCUT2D eigenvalue weighted by atomic mass is 16.3. The molecule has 2 amide bonds. The molecule has 1 atom stereocenters. The Morgan fingerprint density at radius 3 is 2.60 bits per heavy atom. The highest BCUT2D eigenvalue weighted by Crippen LogP contribution is 2.23. The fourth-order valence-electron chi connectivity index (χ4n) is 4.81. The summed E-state index contributed by atoms with van der Waals surface area (Å²) in [5.41, 5.74) is 5.70. The van der Waals surface area contributed by atoms with E-state index in [9.17, 15) is 14.7 Å². The van der Waals surface area contributed by atoms with Gasteiger partial charge in [-0.15, -0.1) is 0 Å². The summed E-state index contributed by atoms with van der Waals surface area (Å²) in [4.78, 5) is 39.5. The molecule has 5 rings (SSSR count). The van der Waals surface area contributed by atoms with Gasteiger partial charge in [0.25, 0.3) is 11.8 Å². The van der Waals surface area contributed by atoms with Crippen molar-refractivity contribution in [3.63, 3.8) is 0 Å². The zero-order valence-corrected chi connectivity index (χ0v) is 23.0. The number of amides is 2. The number of aliphatic hydroxyl groups is 1. The predicted molar refractivity (Wildman–Crippen MR) is 153 cm³/mol. The number of carbonyl (C=O) groups excluding carboxylic acids is 2. The molecule has 3 N–H and O–H groups in total. The van der Waals surface area contributed by atoms with Gasteiger partial charge in [-0.05, 0) is 55.2 Å². The van der Waals surface area contributed by atoms with Gasteiger partial charge in [0.1, 0.15) is 17.2 Å². The zero-order valence-electron chi connectivity index (χ0n) is 23.0. The molecule has 0 aliphatic heterocycles. The van der Waals surface area contributed by atoms with E-state index in [1.807, 2.05) is 52.1 Å². The van der Waals surface area contributed by atoms with Crippen molar-refractivity contribution in [1.29, 1.82) is 0 Å². The molecule has 0 spiro atoms. The molecular weight excluding hydrogens is 506 g/mol. The number of imidazole rings is 2. The van der Waals surface area contributed by atoms with Crippen molar-refractivity contribution in [3.8, 4) is 11.3 Å². The van der Waals surface area contributed by atoms with Crippen LogP contribution < -0.4 is 10.6 Å². The summed E-state index contributed by atoms with van der Waals surface area (Å²) in [6.45, 7) is 6.17. The highest BCUT2D eigenvalue weighted by molar-refractivity contribution is 6.01. The molecule has 10 nitrogen and oxygen atoms in total. The number of hydrogen-bond donors (Lipinski definition) is 3. The lowest BCUT2D eigenvalue weighted by molar-refractivity contribution is 0.0900.